The molecule has 0 saturated carbocycles. The Bertz CT molecular complexity index is 802. The van der Waals surface area contributed by atoms with Crippen molar-refractivity contribution in [3.8, 4) is 16.9 Å². The summed E-state index contributed by atoms with van der Waals surface area (Å²) >= 11 is 0. The number of likely N-dealkylation sites (tertiary alicyclic amines) is 1. The quantitative estimate of drug-likeness (QED) is 0.831. The summed E-state index contributed by atoms with van der Waals surface area (Å²) in [5.74, 6) is 0.658. The van der Waals surface area contributed by atoms with Crippen molar-refractivity contribution in [2.75, 3.05) is 25.9 Å². The van der Waals surface area contributed by atoms with Gasteiger partial charge in [-0.2, -0.15) is 5.10 Å². The number of hydrogen-bond acceptors (Lipinski definition) is 5. The van der Waals surface area contributed by atoms with Crippen molar-refractivity contribution in [3.05, 3.63) is 30.6 Å². The monoisotopic (exact) mass is 372 g/mol. The molecule has 0 bridgehead atoms. The molecule has 2 aromatic rings. The van der Waals surface area contributed by atoms with Crippen LogP contribution in [0, 0.1) is 0 Å². The van der Waals surface area contributed by atoms with Crippen molar-refractivity contribution in [1.29, 1.82) is 0 Å². The molecule has 1 aromatic carbocycles. The van der Waals surface area contributed by atoms with Gasteiger partial charge in [-0.3, -0.25) is 4.68 Å². The smallest absolute Gasteiger partial charge is 0.410 e. The maximum absolute atomic E-state index is 12.2. The highest BCUT2D eigenvalue weighted by Crippen LogP contribution is 2.30. The first-order valence-corrected chi connectivity index (χ1v) is 9.23. The lowest BCUT2D eigenvalue weighted by atomic mass is 10.1. The van der Waals surface area contributed by atoms with Gasteiger partial charge in [-0.05, 0) is 51.3 Å². The summed E-state index contributed by atoms with van der Waals surface area (Å²) in [5.41, 5.74) is 8.06. The standard InChI is InChI=1S/C20H28N4O3/c1-20(2,3)27-19(25)23-9-7-16(8-10-23)24-13-15(12-22-24)14-5-6-17(21)18(11-14)26-4/h5-6,11-13,16H,7-10,21H2,1-4H3. The molecule has 146 valence electrons. The number of aromatic nitrogens is 2. The highest BCUT2D eigenvalue weighted by molar-refractivity contribution is 5.69. The van der Waals surface area contributed by atoms with E-state index < -0.39 is 5.60 Å². The fourth-order valence-corrected chi connectivity index (χ4v) is 3.22. The number of hydrogen-bond donors (Lipinski definition) is 1. The molecule has 1 saturated heterocycles. The Kier molecular flexibility index (Phi) is 5.30. The Hall–Kier alpha value is -2.70. The van der Waals surface area contributed by atoms with E-state index in [9.17, 15) is 4.79 Å². The first kappa shape index (κ1) is 19.1. The van der Waals surface area contributed by atoms with Crippen LogP contribution in [0.25, 0.3) is 11.1 Å². The van der Waals surface area contributed by atoms with Gasteiger partial charge in [0, 0.05) is 24.8 Å². The average Bonchev–Trinajstić information content (AvgIpc) is 3.11. The summed E-state index contributed by atoms with van der Waals surface area (Å²) in [6, 6.07) is 5.99. The average molecular weight is 372 g/mol. The Morgan fingerprint density at radius 1 is 1.22 bits per heavy atom. The van der Waals surface area contributed by atoms with Gasteiger partial charge in [0.15, 0.2) is 0 Å². The molecule has 0 aliphatic carbocycles. The lowest BCUT2D eigenvalue weighted by Crippen LogP contribution is -2.42. The summed E-state index contributed by atoms with van der Waals surface area (Å²) in [6.07, 6.45) is 5.36. The lowest BCUT2D eigenvalue weighted by Gasteiger charge is -2.33. The molecule has 1 aliphatic heterocycles. The zero-order valence-corrected chi connectivity index (χ0v) is 16.4. The third-order valence-electron chi connectivity index (χ3n) is 4.66. The number of amides is 1. The predicted molar refractivity (Wildman–Crippen MR) is 105 cm³/mol. The fraction of sp³-hybridized carbons (Fsp3) is 0.500. The van der Waals surface area contributed by atoms with Crippen LogP contribution in [-0.2, 0) is 4.74 Å². The number of piperidine rings is 1. The number of ether oxygens (including phenoxy) is 2. The van der Waals surface area contributed by atoms with Crippen LogP contribution in [0.15, 0.2) is 30.6 Å². The highest BCUT2D eigenvalue weighted by atomic mass is 16.6. The maximum Gasteiger partial charge on any atom is 0.410 e. The molecule has 0 unspecified atom stereocenters. The number of carbonyl (C=O) groups is 1. The molecular formula is C20H28N4O3. The van der Waals surface area contributed by atoms with Crippen LogP contribution >= 0.6 is 0 Å². The highest BCUT2D eigenvalue weighted by Gasteiger charge is 2.27. The van der Waals surface area contributed by atoms with Gasteiger partial charge in [0.05, 0.1) is 25.0 Å². The van der Waals surface area contributed by atoms with E-state index >= 15 is 0 Å². The van der Waals surface area contributed by atoms with E-state index in [0.717, 1.165) is 24.0 Å². The van der Waals surface area contributed by atoms with Crippen molar-refractivity contribution in [3.63, 3.8) is 0 Å². The maximum atomic E-state index is 12.2. The molecule has 1 aliphatic rings. The second-order valence-electron chi connectivity index (χ2n) is 7.86. The minimum absolute atomic E-state index is 0.240. The first-order chi connectivity index (χ1) is 12.8. The number of nitrogen functional groups attached to an aromatic ring is 1. The molecular weight excluding hydrogens is 344 g/mol. The van der Waals surface area contributed by atoms with E-state index in [-0.39, 0.29) is 12.1 Å². The number of anilines is 1. The van der Waals surface area contributed by atoms with Gasteiger partial charge in [-0.1, -0.05) is 6.07 Å². The summed E-state index contributed by atoms with van der Waals surface area (Å²) in [7, 11) is 1.61. The molecule has 1 aromatic heterocycles. The van der Waals surface area contributed by atoms with Crippen LogP contribution in [0.2, 0.25) is 0 Å². The van der Waals surface area contributed by atoms with Crippen molar-refractivity contribution >= 4 is 11.8 Å². The summed E-state index contributed by atoms with van der Waals surface area (Å²) in [6.45, 7) is 6.99. The molecule has 0 spiro atoms. The van der Waals surface area contributed by atoms with Crippen LogP contribution < -0.4 is 10.5 Å². The van der Waals surface area contributed by atoms with Gasteiger partial charge in [-0.15, -0.1) is 0 Å². The lowest BCUT2D eigenvalue weighted by molar-refractivity contribution is 0.0185. The molecule has 3 rings (SSSR count). The number of methoxy groups -OCH3 is 1. The van der Waals surface area contributed by atoms with Gasteiger partial charge in [0.1, 0.15) is 11.4 Å². The largest absolute Gasteiger partial charge is 0.495 e. The van der Waals surface area contributed by atoms with E-state index in [2.05, 4.69) is 5.10 Å². The van der Waals surface area contributed by atoms with Gasteiger partial charge >= 0.3 is 6.09 Å². The Labute approximate surface area is 160 Å². The molecule has 1 amide bonds. The fourth-order valence-electron chi connectivity index (χ4n) is 3.22. The van der Waals surface area contributed by atoms with Crippen LogP contribution in [0.5, 0.6) is 5.75 Å². The number of benzene rings is 1. The topological polar surface area (TPSA) is 82.6 Å². The van der Waals surface area contributed by atoms with Crippen LogP contribution in [0.4, 0.5) is 10.5 Å². The van der Waals surface area contributed by atoms with E-state index in [0.29, 0.717) is 24.5 Å². The van der Waals surface area contributed by atoms with Crippen molar-refractivity contribution in [2.45, 2.75) is 45.3 Å². The number of nitrogens with zero attached hydrogens (tertiary/aromatic N) is 3. The van der Waals surface area contributed by atoms with Crippen LogP contribution in [-0.4, -0.2) is 46.6 Å². The van der Waals surface area contributed by atoms with Gasteiger partial charge < -0.3 is 20.1 Å². The van der Waals surface area contributed by atoms with Crippen molar-refractivity contribution < 1.29 is 14.3 Å². The minimum Gasteiger partial charge on any atom is -0.495 e. The molecule has 27 heavy (non-hydrogen) atoms. The Morgan fingerprint density at radius 3 is 2.56 bits per heavy atom. The molecule has 1 fully saturated rings. The van der Waals surface area contributed by atoms with E-state index in [1.54, 1.807) is 12.0 Å². The third kappa shape index (κ3) is 4.53. The summed E-state index contributed by atoms with van der Waals surface area (Å²) in [5, 5.41) is 4.53. The number of carbonyl (C=O) groups excluding carboxylic acids is 1. The normalized spacial score (nSPS) is 15.6. The Balaban J connectivity index is 1.64. The second-order valence-corrected chi connectivity index (χ2v) is 7.86. The molecule has 0 atom stereocenters. The van der Waals surface area contributed by atoms with Crippen LogP contribution in [0.1, 0.15) is 39.7 Å². The van der Waals surface area contributed by atoms with E-state index in [1.807, 2.05) is 56.0 Å². The van der Waals surface area contributed by atoms with Gasteiger partial charge in [0.25, 0.3) is 0 Å². The Morgan fingerprint density at radius 2 is 1.93 bits per heavy atom. The SMILES string of the molecule is COc1cc(-c2cnn(C3CCN(C(=O)OC(C)(C)C)CC3)c2)ccc1N. The van der Waals surface area contributed by atoms with E-state index in [4.69, 9.17) is 15.2 Å². The molecule has 2 heterocycles. The molecule has 7 heteroatoms. The van der Waals surface area contributed by atoms with Crippen LogP contribution in [0.3, 0.4) is 0 Å². The second kappa shape index (κ2) is 7.50. The number of rotatable bonds is 3. The summed E-state index contributed by atoms with van der Waals surface area (Å²) in [4.78, 5) is 14.0. The summed E-state index contributed by atoms with van der Waals surface area (Å²) < 4.78 is 12.7. The van der Waals surface area contributed by atoms with E-state index in [1.165, 1.54) is 0 Å². The van der Waals surface area contributed by atoms with Crippen molar-refractivity contribution in [1.82, 2.24) is 14.7 Å². The zero-order chi connectivity index (χ0) is 19.6. The molecule has 7 nitrogen and oxygen atoms in total. The zero-order valence-electron chi connectivity index (χ0n) is 16.4. The minimum atomic E-state index is -0.467. The van der Waals surface area contributed by atoms with Gasteiger partial charge in [-0.25, -0.2) is 4.79 Å². The molecule has 2 N–H and O–H groups in total. The predicted octanol–water partition coefficient (Wildman–Crippen LogP) is 3.71. The van der Waals surface area contributed by atoms with Gasteiger partial charge in [0.2, 0.25) is 0 Å². The third-order valence-corrected chi connectivity index (χ3v) is 4.66. The van der Waals surface area contributed by atoms with Crippen molar-refractivity contribution in [2.24, 2.45) is 0 Å². The molecule has 0 radical (unpaired) electrons. The number of nitrogens with two attached hydrogens (primary N) is 1. The first-order valence-electron chi connectivity index (χ1n) is 9.23.